The van der Waals surface area contributed by atoms with Crippen molar-refractivity contribution in [2.75, 3.05) is 18.4 Å². The number of carboxylic acids is 1. The van der Waals surface area contributed by atoms with Crippen LogP contribution in [-0.4, -0.2) is 40.0 Å². The van der Waals surface area contributed by atoms with Crippen LogP contribution in [-0.2, 0) is 9.59 Å². The first-order valence-corrected chi connectivity index (χ1v) is 9.90. The highest BCUT2D eigenvalue weighted by Gasteiger charge is 2.16. The van der Waals surface area contributed by atoms with E-state index in [-0.39, 0.29) is 18.9 Å². The van der Waals surface area contributed by atoms with Crippen LogP contribution < -0.4 is 10.6 Å². The summed E-state index contributed by atoms with van der Waals surface area (Å²) in [6.07, 6.45) is 2.43. The molecule has 0 aliphatic heterocycles. The number of hydrogen-bond acceptors (Lipinski definition) is 6. The SMILES string of the molecule is Cc1sc2ncnc(NCCCC(=O)NCCC(=O)O)c2c1-c1ccccc1. The number of carboxylic acid groups (broad SMARTS) is 1. The number of aryl methyl sites for hydroxylation is 1. The maximum atomic E-state index is 11.7. The number of aromatic nitrogens is 2. The Labute approximate surface area is 166 Å². The zero-order chi connectivity index (χ0) is 19.9. The highest BCUT2D eigenvalue weighted by molar-refractivity contribution is 7.19. The van der Waals surface area contributed by atoms with E-state index in [0.717, 1.165) is 27.2 Å². The van der Waals surface area contributed by atoms with Crippen molar-refractivity contribution in [3.8, 4) is 11.1 Å². The molecule has 0 aliphatic carbocycles. The summed E-state index contributed by atoms with van der Waals surface area (Å²) in [5, 5.41) is 15.5. The molecule has 0 saturated carbocycles. The molecule has 0 radical (unpaired) electrons. The molecule has 0 bridgehead atoms. The van der Waals surface area contributed by atoms with E-state index in [1.165, 1.54) is 4.88 Å². The number of rotatable bonds is 9. The number of fused-ring (bicyclic) bond motifs is 1. The molecule has 2 aromatic heterocycles. The summed E-state index contributed by atoms with van der Waals surface area (Å²) in [6, 6.07) is 10.2. The lowest BCUT2D eigenvalue weighted by Gasteiger charge is -2.09. The molecule has 0 aliphatic rings. The number of hydrogen-bond donors (Lipinski definition) is 3. The average molecular weight is 398 g/mol. The number of aliphatic carboxylic acids is 1. The monoisotopic (exact) mass is 398 g/mol. The first-order valence-electron chi connectivity index (χ1n) is 9.08. The highest BCUT2D eigenvalue weighted by Crippen LogP contribution is 2.40. The molecule has 7 nitrogen and oxygen atoms in total. The third-order valence-corrected chi connectivity index (χ3v) is 5.27. The number of nitrogens with one attached hydrogen (secondary N) is 2. The zero-order valence-corrected chi connectivity index (χ0v) is 16.4. The highest BCUT2D eigenvalue weighted by atomic mass is 32.1. The third kappa shape index (κ3) is 4.83. The van der Waals surface area contributed by atoms with Crippen molar-refractivity contribution < 1.29 is 14.7 Å². The van der Waals surface area contributed by atoms with E-state index < -0.39 is 5.97 Å². The van der Waals surface area contributed by atoms with Gasteiger partial charge >= 0.3 is 5.97 Å². The van der Waals surface area contributed by atoms with Crippen LogP contribution in [0.2, 0.25) is 0 Å². The maximum absolute atomic E-state index is 11.7. The molecule has 1 aromatic carbocycles. The van der Waals surface area contributed by atoms with Gasteiger partial charge in [-0.15, -0.1) is 11.3 Å². The summed E-state index contributed by atoms with van der Waals surface area (Å²) in [5.41, 5.74) is 2.26. The largest absolute Gasteiger partial charge is 0.481 e. The summed E-state index contributed by atoms with van der Waals surface area (Å²) in [7, 11) is 0. The number of thiophene rings is 1. The van der Waals surface area contributed by atoms with E-state index in [4.69, 9.17) is 5.11 Å². The van der Waals surface area contributed by atoms with Crippen molar-refractivity contribution in [3.05, 3.63) is 41.5 Å². The molecule has 2 heterocycles. The van der Waals surface area contributed by atoms with E-state index in [1.807, 2.05) is 18.2 Å². The van der Waals surface area contributed by atoms with Crippen molar-refractivity contribution in [2.24, 2.45) is 0 Å². The quantitative estimate of drug-likeness (QED) is 0.477. The van der Waals surface area contributed by atoms with Gasteiger partial charge in [0.1, 0.15) is 17.0 Å². The second-order valence-corrected chi connectivity index (χ2v) is 7.53. The van der Waals surface area contributed by atoms with Crippen LogP contribution in [0.5, 0.6) is 0 Å². The minimum Gasteiger partial charge on any atom is -0.481 e. The van der Waals surface area contributed by atoms with Gasteiger partial charge < -0.3 is 15.7 Å². The van der Waals surface area contributed by atoms with Gasteiger partial charge in [-0.05, 0) is 18.9 Å². The number of nitrogens with zero attached hydrogens (tertiary/aromatic N) is 2. The Balaban J connectivity index is 1.66. The average Bonchev–Trinajstić information content (AvgIpc) is 3.02. The van der Waals surface area contributed by atoms with Crippen LogP contribution in [0.15, 0.2) is 36.7 Å². The van der Waals surface area contributed by atoms with Crippen LogP contribution in [0.1, 0.15) is 24.1 Å². The van der Waals surface area contributed by atoms with Crippen LogP contribution >= 0.6 is 11.3 Å². The van der Waals surface area contributed by atoms with Gasteiger partial charge in [0.25, 0.3) is 0 Å². The van der Waals surface area contributed by atoms with Gasteiger partial charge in [-0.1, -0.05) is 30.3 Å². The van der Waals surface area contributed by atoms with Crippen molar-refractivity contribution in [2.45, 2.75) is 26.2 Å². The van der Waals surface area contributed by atoms with Crippen molar-refractivity contribution in [3.63, 3.8) is 0 Å². The minimum atomic E-state index is -0.921. The molecule has 3 N–H and O–H groups in total. The van der Waals surface area contributed by atoms with E-state index in [0.29, 0.717) is 19.4 Å². The fourth-order valence-electron chi connectivity index (χ4n) is 2.98. The van der Waals surface area contributed by atoms with E-state index in [1.54, 1.807) is 17.7 Å². The Morgan fingerprint density at radius 2 is 1.89 bits per heavy atom. The second kappa shape index (κ2) is 9.27. The molecule has 0 fully saturated rings. The molecular formula is C20H22N4O3S. The van der Waals surface area contributed by atoms with Crippen LogP contribution in [0.3, 0.4) is 0 Å². The lowest BCUT2D eigenvalue weighted by Crippen LogP contribution is -2.26. The molecule has 0 saturated heterocycles. The lowest BCUT2D eigenvalue weighted by atomic mass is 10.0. The van der Waals surface area contributed by atoms with Gasteiger partial charge in [-0.3, -0.25) is 9.59 Å². The van der Waals surface area contributed by atoms with Gasteiger partial charge in [-0.2, -0.15) is 0 Å². The first-order chi connectivity index (χ1) is 13.6. The Hall–Kier alpha value is -3.00. The molecule has 146 valence electrons. The number of carbonyl (C=O) groups excluding carboxylic acids is 1. The van der Waals surface area contributed by atoms with E-state index >= 15 is 0 Å². The topological polar surface area (TPSA) is 104 Å². The minimum absolute atomic E-state index is 0.0668. The Kier molecular flexibility index (Phi) is 6.54. The number of amides is 1. The van der Waals surface area contributed by atoms with Gasteiger partial charge in [-0.25, -0.2) is 9.97 Å². The molecule has 8 heteroatoms. The summed E-state index contributed by atoms with van der Waals surface area (Å²) in [5.74, 6) is -0.304. The molecule has 0 atom stereocenters. The summed E-state index contributed by atoms with van der Waals surface area (Å²) < 4.78 is 0. The van der Waals surface area contributed by atoms with Crippen LogP contribution in [0.4, 0.5) is 5.82 Å². The van der Waals surface area contributed by atoms with Gasteiger partial charge in [0.05, 0.1) is 11.8 Å². The predicted molar refractivity (Wildman–Crippen MR) is 111 cm³/mol. The Morgan fingerprint density at radius 1 is 1.11 bits per heavy atom. The standard InChI is InChI=1S/C20H22N4O3S/c1-13-17(14-6-3-2-4-7-14)18-19(23-12-24-20(18)28-13)22-10-5-8-15(25)21-11-9-16(26)27/h2-4,6-7,12H,5,8-11H2,1H3,(H,21,25)(H,26,27)(H,22,23,24). The zero-order valence-electron chi connectivity index (χ0n) is 15.6. The Bertz CT molecular complexity index is 972. The van der Waals surface area contributed by atoms with Crippen molar-refractivity contribution in [1.82, 2.24) is 15.3 Å². The number of benzene rings is 1. The summed E-state index contributed by atoms with van der Waals surface area (Å²) in [6.45, 7) is 2.82. The summed E-state index contributed by atoms with van der Waals surface area (Å²) in [4.78, 5) is 33.1. The van der Waals surface area contributed by atoms with E-state index in [9.17, 15) is 9.59 Å². The van der Waals surface area contributed by atoms with Gasteiger partial charge in [0.15, 0.2) is 0 Å². The molecule has 3 aromatic rings. The normalized spacial score (nSPS) is 10.8. The molecule has 28 heavy (non-hydrogen) atoms. The van der Waals surface area contributed by atoms with Crippen molar-refractivity contribution in [1.29, 1.82) is 0 Å². The number of carbonyl (C=O) groups is 2. The summed E-state index contributed by atoms with van der Waals surface area (Å²) >= 11 is 1.64. The number of anilines is 1. The van der Waals surface area contributed by atoms with Gasteiger partial charge in [0, 0.05) is 30.0 Å². The predicted octanol–water partition coefficient (Wildman–Crippen LogP) is 3.45. The van der Waals surface area contributed by atoms with Crippen LogP contribution in [0, 0.1) is 6.92 Å². The van der Waals surface area contributed by atoms with E-state index in [2.05, 4.69) is 39.7 Å². The maximum Gasteiger partial charge on any atom is 0.305 e. The fourth-order valence-corrected chi connectivity index (χ4v) is 4.00. The second-order valence-electron chi connectivity index (χ2n) is 6.33. The van der Waals surface area contributed by atoms with Crippen LogP contribution in [0.25, 0.3) is 21.3 Å². The lowest BCUT2D eigenvalue weighted by molar-refractivity contribution is -0.136. The Morgan fingerprint density at radius 3 is 2.64 bits per heavy atom. The molecule has 0 unspecified atom stereocenters. The molecule has 1 amide bonds. The van der Waals surface area contributed by atoms with Crippen molar-refractivity contribution >= 4 is 39.2 Å². The smallest absolute Gasteiger partial charge is 0.305 e. The molecular weight excluding hydrogens is 376 g/mol. The first kappa shape index (κ1) is 19.8. The third-order valence-electron chi connectivity index (χ3n) is 4.26. The molecule has 3 rings (SSSR count). The fraction of sp³-hybridized carbons (Fsp3) is 0.300. The molecule has 0 spiro atoms. The van der Waals surface area contributed by atoms with Gasteiger partial charge in [0.2, 0.25) is 5.91 Å².